The van der Waals surface area contributed by atoms with Gasteiger partial charge in [-0.3, -0.25) is 0 Å². The van der Waals surface area contributed by atoms with E-state index in [1.54, 1.807) is 13.3 Å². The van der Waals surface area contributed by atoms with Crippen molar-refractivity contribution in [2.75, 3.05) is 12.4 Å². The molecule has 1 N–H and O–H groups in total. The van der Waals surface area contributed by atoms with Crippen molar-refractivity contribution in [1.82, 2.24) is 14.6 Å². The molecule has 3 heterocycles. The van der Waals surface area contributed by atoms with Gasteiger partial charge in [0.05, 0.1) is 36.0 Å². The van der Waals surface area contributed by atoms with Gasteiger partial charge >= 0.3 is 0 Å². The molecular weight excluding hydrogens is 388 g/mol. The van der Waals surface area contributed by atoms with Gasteiger partial charge in [-0.25, -0.2) is 17.9 Å². The van der Waals surface area contributed by atoms with E-state index in [0.29, 0.717) is 5.95 Å². The molecule has 0 saturated heterocycles. The van der Waals surface area contributed by atoms with Gasteiger partial charge in [-0.15, -0.1) is 5.10 Å². The minimum absolute atomic E-state index is 0.0767. The van der Waals surface area contributed by atoms with Crippen LogP contribution in [0.5, 0.6) is 5.75 Å². The molecule has 8 heteroatoms. The number of nitrogens with one attached hydrogen (secondary N) is 1. The molecule has 7 nitrogen and oxygen atoms in total. The number of sulfone groups is 1. The zero-order chi connectivity index (χ0) is 20.0. The third kappa shape index (κ3) is 3.21. The molecule has 0 radical (unpaired) electrons. The van der Waals surface area contributed by atoms with E-state index in [2.05, 4.69) is 15.4 Å². The van der Waals surface area contributed by atoms with E-state index in [9.17, 15) is 8.42 Å². The summed E-state index contributed by atoms with van der Waals surface area (Å²) in [6, 6.07) is 17.2. The Bertz CT molecular complexity index is 1350. The third-order valence-electron chi connectivity index (χ3n) is 4.99. The van der Waals surface area contributed by atoms with Crippen molar-refractivity contribution >= 4 is 27.0 Å². The Hall–Kier alpha value is -3.39. The first-order valence-electron chi connectivity index (χ1n) is 9.10. The van der Waals surface area contributed by atoms with Crippen LogP contribution < -0.4 is 10.1 Å². The van der Waals surface area contributed by atoms with Crippen LogP contribution in [-0.4, -0.2) is 30.1 Å². The lowest BCUT2D eigenvalue weighted by molar-refractivity contribution is 0.416. The van der Waals surface area contributed by atoms with E-state index in [-0.39, 0.29) is 11.5 Å². The molecule has 146 valence electrons. The topological polar surface area (TPSA) is 85.6 Å². The maximum atomic E-state index is 11.8. The van der Waals surface area contributed by atoms with E-state index in [0.717, 1.165) is 39.3 Å². The number of anilines is 2. The molecule has 0 unspecified atom stereocenters. The van der Waals surface area contributed by atoms with Gasteiger partial charge in [0.25, 0.3) is 0 Å². The second-order valence-corrected chi connectivity index (χ2v) is 9.04. The number of fused-ring (bicyclic) bond motifs is 2. The predicted molar refractivity (Wildman–Crippen MR) is 111 cm³/mol. The summed E-state index contributed by atoms with van der Waals surface area (Å²) in [5.74, 6) is 1.37. The average Bonchev–Trinajstić information content (AvgIpc) is 3.26. The van der Waals surface area contributed by atoms with E-state index >= 15 is 0 Å². The number of benzene rings is 2. The number of aromatic nitrogens is 3. The lowest BCUT2D eigenvalue weighted by Crippen LogP contribution is -2.03. The minimum atomic E-state index is -3.03. The molecule has 0 bridgehead atoms. The fraction of sp³-hybridized carbons (Fsp3) is 0.143. The molecule has 0 spiro atoms. The van der Waals surface area contributed by atoms with Crippen LogP contribution in [-0.2, 0) is 21.3 Å². The van der Waals surface area contributed by atoms with Crippen molar-refractivity contribution in [2.45, 2.75) is 11.5 Å². The van der Waals surface area contributed by atoms with Gasteiger partial charge in [0, 0.05) is 11.3 Å². The highest BCUT2D eigenvalue weighted by atomic mass is 32.2. The van der Waals surface area contributed by atoms with E-state index in [1.807, 2.05) is 59.1 Å². The first-order valence-corrected chi connectivity index (χ1v) is 10.9. The molecule has 0 saturated carbocycles. The average molecular weight is 406 g/mol. The number of rotatable bonds is 4. The van der Waals surface area contributed by atoms with Gasteiger partial charge in [0.1, 0.15) is 5.75 Å². The standard InChI is InChI=1S/C21H18N4O3S/c1-28-20-5-3-2-4-18(20)19-9-8-17-11-22-21(24-25(17)19)23-16-7-6-14-12-29(26,27)13-15(14)10-16/h2-11H,12-13H2,1H3,(H,23,24). The van der Waals surface area contributed by atoms with Crippen LogP contribution in [0.1, 0.15) is 11.1 Å². The fourth-order valence-electron chi connectivity index (χ4n) is 3.65. The SMILES string of the molecule is COc1ccccc1-c1ccc2cnc(Nc3ccc4c(c3)CS(=O)(=O)C4)nn12. The van der Waals surface area contributed by atoms with Crippen molar-refractivity contribution in [3.63, 3.8) is 0 Å². The summed E-state index contributed by atoms with van der Waals surface area (Å²) in [5, 5.41) is 7.81. The van der Waals surface area contributed by atoms with Gasteiger partial charge in [0.2, 0.25) is 5.95 Å². The van der Waals surface area contributed by atoms with Gasteiger partial charge < -0.3 is 10.1 Å². The van der Waals surface area contributed by atoms with Crippen LogP contribution in [0, 0.1) is 0 Å². The summed E-state index contributed by atoms with van der Waals surface area (Å²) in [6.07, 6.45) is 1.74. The normalized spacial score (nSPS) is 14.7. The van der Waals surface area contributed by atoms with Gasteiger partial charge in [-0.05, 0) is 47.5 Å². The molecule has 0 amide bonds. The fourth-order valence-corrected chi connectivity index (χ4v) is 5.25. The van der Waals surface area contributed by atoms with Crippen LogP contribution in [0.3, 0.4) is 0 Å². The van der Waals surface area contributed by atoms with Crippen LogP contribution in [0.15, 0.2) is 60.8 Å². The second kappa shape index (κ2) is 6.59. The maximum absolute atomic E-state index is 11.8. The molecule has 0 fully saturated rings. The van der Waals surface area contributed by atoms with Crippen LogP contribution >= 0.6 is 0 Å². The molecule has 0 aliphatic carbocycles. The van der Waals surface area contributed by atoms with Gasteiger partial charge in [-0.2, -0.15) is 0 Å². The summed E-state index contributed by atoms with van der Waals surface area (Å²) in [5.41, 5.74) is 5.12. The Balaban J connectivity index is 1.51. The lowest BCUT2D eigenvalue weighted by atomic mass is 10.1. The number of methoxy groups -OCH3 is 1. The van der Waals surface area contributed by atoms with Crippen molar-refractivity contribution in [1.29, 1.82) is 0 Å². The number of hydrogen-bond donors (Lipinski definition) is 1. The van der Waals surface area contributed by atoms with E-state index < -0.39 is 9.84 Å². The van der Waals surface area contributed by atoms with Crippen molar-refractivity contribution in [3.05, 3.63) is 71.9 Å². The molecule has 0 atom stereocenters. The summed E-state index contributed by atoms with van der Waals surface area (Å²) in [4.78, 5) is 4.38. The Morgan fingerprint density at radius 1 is 1.03 bits per heavy atom. The number of ether oxygens (including phenoxy) is 1. The first-order chi connectivity index (χ1) is 14.0. The first kappa shape index (κ1) is 17.7. The van der Waals surface area contributed by atoms with E-state index in [1.165, 1.54) is 0 Å². The molecule has 1 aliphatic rings. The largest absolute Gasteiger partial charge is 0.496 e. The highest BCUT2D eigenvalue weighted by Crippen LogP contribution is 2.31. The molecular formula is C21H18N4O3S. The van der Waals surface area contributed by atoms with Crippen LogP contribution in [0.4, 0.5) is 11.6 Å². The zero-order valence-corrected chi connectivity index (χ0v) is 16.5. The number of hydrogen-bond acceptors (Lipinski definition) is 6. The summed E-state index contributed by atoms with van der Waals surface area (Å²) in [7, 11) is -1.39. The third-order valence-corrected chi connectivity index (χ3v) is 6.50. The van der Waals surface area contributed by atoms with E-state index in [4.69, 9.17) is 4.74 Å². The maximum Gasteiger partial charge on any atom is 0.245 e. The van der Waals surface area contributed by atoms with Crippen molar-refractivity contribution in [2.24, 2.45) is 0 Å². The van der Waals surface area contributed by atoms with Gasteiger partial charge in [-0.1, -0.05) is 18.2 Å². The molecule has 2 aromatic heterocycles. The minimum Gasteiger partial charge on any atom is -0.496 e. The Morgan fingerprint density at radius 3 is 2.72 bits per heavy atom. The van der Waals surface area contributed by atoms with Gasteiger partial charge in [0.15, 0.2) is 9.84 Å². The smallest absolute Gasteiger partial charge is 0.245 e. The highest BCUT2D eigenvalue weighted by Gasteiger charge is 2.24. The highest BCUT2D eigenvalue weighted by molar-refractivity contribution is 7.90. The monoisotopic (exact) mass is 406 g/mol. The van der Waals surface area contributed by atoms with Crippen molar-refractivity contribution < 1.29 is 13.2 Å². The van der Waals surface area contributed by atoms with Crippen LogP contribution in [0.2, 0.25) is 0 Å². The molecule has 5 rings (SSSR count). The van der Waals surface area contributed by atoms with Crippen LogP contribution in [0.25, 0.3) is 16.8 Å². The number of para-hydroxylation sites is 1. The quantitative estimate of drug-likeness (QED) is 0.558. The molecule has 1 aliphatic heterocycles. The zero-order valence-electron chi connectivity index (χ0n) is 15.7. The van der Waals surface area contributed by atoms with Crippen molar-refractivity contribution in [3.8, 4) is 17.0 Å². The lowest BCUT2D eigenvalue weighted by Gasteiger charge is -2.10. The predicted octanol–water partition coefficient (Wildman–Crippen LogP) is 3.58. The molecule has 29 heavy (non-hydrogen) atoms. The summed E-state index contributed by atoms with van der Waals surface area (Å²) < 4.78 is 31.0. The molecule has 2 aromatic carbocycles. The second-order valence-electron chi connectivity index (χ2n) is 6.98. The number of nitrogens with zero attached hydrogens (tertiary/aromatic N) is 3. The Kier molecular flexibility index (Phi) is 4.02. The molecule has 4 aromatic rings. The Morgan fingerprint density at radius 2 is 1.86 bits per heavy atom. The summed E-state index contributed by atoms with van der Waals surface area (Å²) >= 11 is 0. The Labute approximate surface area is 167 Å². The summed E-state index contributed by atoms with van der Waals surface area (Å²) in [6.45, 7) is 0.